The van der Waals surface area contributed by atoms with Gasteiger partial charge in [-0.05, 0) is 37.1 Å². The zero-order valence-corrected chi connectivity index (χ0v) is 12.9. The van der Waals surface area contributed by atoms with E-state index in [9.17, 15) is 14.9 Å². The van der Waals surface area contributed by atoms with Gasteiger partial charge in [0.25, 0.3) is 5.69 Å². The highest BCUT2D eigenvalue weighted by Gasteiger charge is 2.04. The van der Waals surface area contributed by atoms with Gasteiger partial charge < -0.3 is 9.47 Å². The molecule has 0 atom stereocenters. The molecule has 1 rings (SSSR count). The number of nitro groups is 1. The molecule has 0 aromatic heterocycles. The molecule has 0 radical (unpaired) electrons. The fourth-order valence-corrected chi connectivity index (χ4v) is 1.59. The van der Waals surface area contributed by atoms with Crippen LogP contribution in [0.15, 0.2) is 35.9 Å². The summed E-state index contributed by atoms with van der Waals surface area (Å²) in [6.07, 6.45) is 4.04. The third-order valence-corrected chi connectivity index (χ3v) is 2.92. The number of carbonyl (C=O) groups is 1. The Hall–Kier alpha value is -2.37. The van der Waals surface area contributed by atoms with Gasteiger partial charge in [0.1, 0.15) is 19.0 Å². The molecule has 0 aliphatic heterocycles. The molecule has 0 fully saturated rings. The second-order valence-electron chi connectivity index (χ2n) is 4.88. The molecule has 0 saturated carbocycles. The van der Waals surface area contributed by atoms with Crippen LogP contribution >= 0.6 is 0 Å². The lowest BCUT2D eigenvalue weighted by Gasteiger charge is -2.07. The van der Waals surface area contributed by atoms with Gasteiger partial charge in [-0.15, -0.1) is 0 Å². The molecule has 0 unspecified atom stereocenters. The van der Waals surface area contributed by atoms with Crippen molar-refractivity contribution in [3.05, 3.63) is 46.0 Å². The summed E-state index contributed by atoms with van der Waals surface area (Å²) in [6, 6.07) is 5.89. The Morgan fingerprint density at radius 2 is 2.00 bits per heavy atom. The van der Waals surface area contributed by atoms with Gasteiger partial charge in [0, 0.05) is 18.6 Å². The van der Waals surface area contributed by atoms with E-state index >= 15 is 0 Å². The highest BCUT2D eigenvalue weighted by atomic mass is 16.6. The number of carbonyl (C=O) groups excluding carboxylic acids is 1. The van der Waals surface area contributed by atoms with Gasteiger partial charge in [-0.25, -0.2) is 0 Å². The molecule has 0 amide bonds. The highest BCUT2D eigenvalue weighted by Crippen LogP contribution is 2.17. The first-order valence-electron chi connectivity index (χ1n) is 7.21. The number of ether oxygens (including phenoxy) is 2. The van der Waals surface area contributed by atoms with Gasteiger partial charge in [0.2, 0.25) is 0 Å². The molecule has 22 heavy (non-hydrogen) atoms. The van der Waals surface area contributed by atoms with Crippen LogP contribution in [0.2, 0.25) is 0 Å². The van der Waals surface area contributed by atoms with E-state index in [1.807, 2.05) is 13.8 Å². The molecule has 0 aliphatic rings. The van der Waals surface area contributed by atoms with Crippen LogP contribution in [0.5, 0.6) is 5.75 Å². The average Bonchev–Trinajstić information content (AvgIpc) is 2.51. The number of benzene rings is 1. The van der Waals surface area contributed by atoms with E-state index in [1.54, 1.807) is 18.2 Å². The van der Waals surface area contributed by atoms with E-state index in [-0.39, 0.29) is 18.3 Å². The van der Waals surface area contributed by atoms with E-state index in [0.29, 0.717) is 18.8 Å². The second kappa shape index (κ2) is 9.55. The van der Waals surface area contributed by atoms with E-state index in [1.165, 1.54) is 12.1 Å². The molecule has 120 valence electrons. The molecule has 0 saturated heterocycles. The van der Waals surface area contributed by atoms with Gasteiger partial charge in [0.05, 0.1) is 4.92 Å². The van der Waals surface area contributed by atoms with Crippen LogP contribution in [-0.2, 0) is 9.53 Å². The summed E-state index contributed by atoms with van der Waals surface area (Å²) in [4.78, 5) is 21.4. The normalized spacial score (nSPS) is 11.1. The maximum absolute atomic E-state index is 11.3. The third-order valence-electron chi connectivity index (χ3n) is 2.92. The minimum Gasteiger partial charge on any atom is -0.489 e. The number of nitrogens with zero attached hydrogens (tertiary/aromatic N) is 1. The molecule has 0 spiro atoms. The summed E-state index contributed by atoms with van der Waals surface area (Å²) in [5, 5.41) is 10.5. The van der Waals surface area contributed by atoms with Gasteiger partial charge >= 0.3 is 5.97 Å². The van der Waals surface area contributed by atoms with Gasteiger partial charge in [0.15, 0.2) is 0 Å². The molecular formula is C16H21NO5. The minimum atomic E-state index is -0.457. The van der Waals surface area contributed by atoms with Crippen LogP contribution in [0, 0.1) is 10.1 Å². The number of hydrogen-bond acceptors (Lipinski definition) is 5. The first-order valence-corrected chi connectivity index (χ1v) is 7.21. The lowest BCUT2D eigenvalue weighted by atomic mass is 10.2. The largest absolute Gasteiger partial charge is 0.489 e. The summed E-state index contributed by atoms with van der Waals surface area (Å²) in [6.45, 7) is 4.46. The van der Waals surface area contributed by atoms with Crippen molar-refractivity contribution >= 4 is 11.7 Å². The third kappa shape index (κ3) is 6.88. The van der Waals surface area contributed by atoms with E-state index < -0.39 is 4.92 Å². The second-order valence-corrected chi connectivity index (χ2v) is 4.88. The maximum Gasteiger partial charge on any atom is 0.306 e. The van der Waals surface area contributed by atoms with Crippen molar-refractivity contribution in [2.45, 2.75) is 33.1 Å². The standard InChI is InChI=1S/C16H21NO5/c1-3-4-5-16(18)21-11-10-13(2)12-22-15-8-6-14(7-9-15)17(19)20/h6-10H,3-5,11-12H2,1-2H3/b13-10+. The average molecular weight is 307 g/mol. The Morgan fingerprint density at radius 3 is 2.59 bits per heavy atom. The van der Waals surface area contributed by atoms with Crippen molar-refractivity contribution in [3.8, 4) is 5.75 Å². The van der Waals surface area contributed by atoms with Crippen LogP contribution < -0.4 is 4.74 Å². The van der Waals surface area contributed by atoms with Crippen molar-refractivity contribution in [1.29, 1.82) is 0 Å². The summed E-state index contributed by atoms with van der Waals surface area (Å²) in [5.41, 5.74) is 0.945. The van der Waals surface area contributed by atoms with E-state index in [2.05, 4.69) is 0 Å². The monoisotopic (exact) mass is 307 g/mol. The number of esters is 1. The summed E-state index contributed by atoms with van der Waals surface area (Å²) in [5.74, 6) is 0.362. The number of non-ortho nitro benzene ring substituents is 1. The lowest BCUT2D eigenvalue weighted by Crippen LogP contribution is -2.05. The fraction of sp³-hybridized carbons (Fsp3) is 0.438. The molecule has 0 bridgehead atoms. The number of hydrogen-bond donors (Lipinski definition) is 0. The molecular weight excluding hydrogens is 286 g/mol. The Morgan fingerprint density at radius 1 is 1.32 bits per heavy atom. The summed E-state index contributed by atoms with van der Waals surface area (Å²) < 4.78 is 10.6. The van der Waals surface area contributed by atoms with Crippen LogP contribution in [0.3, 0.4) is 0 Å². The SMILES string of the molecule is CCCCC(=O)OC/C=C(\C)COc1ccc([N+](=O)[O-])cc1. The summed E-state index contributed by atoms with van der Waals surface area (Å²) >= 11 is 0. The van der Waals surface area contributed by atoms with Crippen molar-refractivity contribution in [3.63, 3.8) is 0 Å². The first kappa shape index (κ1) is 17.7. The first-order chi connectivity index (χ1) is 10.5. The summed E-state index contributed by atoms with van der Waals surface area (Å²) in [7, 11) is 0. The Balaban J connectivity index is 2.32. The van der Waals surface area contributed by atoms with Crippen LogP contribution in [-0.4, -0.2) is 24.1 Å². The van der Waals surface area contributed by atoms with Crippen molar-refractivity contribution in [2.24, 2.45) is 0 Å². The topological polar surface area (TPSA) is 78.7 Å². The predicted octanol–water partition coefficient (Wildman–Crippen LogP) is 3.65. The number of rotatable bonds is 9. The smallest absolute Gasteiger partial charge is 0.306 e. The molecule has 6 heteroatoms. The molecule has 1 aromatic carbocycles. The molecule has 0 N–H and O–H groups in total. The molecule has 0 heterocycles. The molecule has 1 aromatic rings. The Bertz CT molecular complexity index is 522. The van der Waals surface area contributed by atoms with Crippen molar-refractivity contribution in [1.82, 2.24) is 0 Å². The lowest BCUT2D eigenvalue weighted by molar-refractivity contribution is -0.384. The van der Waals surface area contributed by atoms with Gasteiger partial charge in [-0.2, -0.15) is 0 Å². The Kier molecular flexibility index (Phi) is 7.67. The van der Waals surface area contributed by atoms with Gasteiger partial charge in [-0.1, -0.05) is 13.3 Å². The predicted molar refractivity (Wildman–Crippen MR) is 82.8 cm³/mol. The van der Waals surface area contributed by atoms with Crippen molar-refractivity contribution in [2.75, 3.05) is 13.2 Å². The maximum atomic E-state index is 11.3. The van der Waals surface area contributed by atoms with Crippen LogP contribution in [0.1, 0.15) is 33.1 Å². The molecule has 0 aliphatic carbocycles. The van der Waals surface area contributed by atoms with Gasteiger partial charge in [-0.3, -0.25) is 14.9 Å². The molecule has 6 nitrogen and oxygen atoms in total. The van der Waals surface area contributed by atoms with Crippen LogP contribution in [0.25, 0.3) is 0 Å². The zero-order chi connectivity index (χ0) is 16.4. The highest BCUT2D eigenvalue weighted by molar-refractivity contribution is 5.69. The fourth-order valence-electron chi connectivity index (χ4n) is 1.59. The Labute approximate surface area is 129 Å². The number of unbranched alkanes of at least 4 members (excludes halogenated alkanes) is 1. The zero-order valence-electron chi connectivity index (χ0n) is 12.9. The van der Waals surface area contributed by atoms with Crippen molar-refractivity contribution < 1.29 is 19.2 Å². The van der Waals surface area contributed by atoms with E-state index in [4.69, 9.17) is 9.47 Å². The van der Waals surface area contributed by atoms with Crippen LogP contribution in [0.4, 0.5) is 5.69 Å². The quantitative estimate of drug-likeness (QED) is 0.301. The minimum absolute atomic E-state index is 0.0265. The van der Waals surface area contributed by atoms with E-state index in [0.717, 1.165) is 18.4 Å². The number of nitro benzene ring substituents is 1.